The van der Waals surface area contributed by atoms with Gasteiger partial charge in [0.15, 0.2) is 0 Å². The topological polar surface area (TPSA) is 76.0 Å². The second-order valence-corrected chi connectivity index (χ2v) is 4.11. The number of hydrogen-bond acceptors (Lipinski definition) is 3. The van der Waals surface area contributed by atoms with Crippen LogP contribution in [-0.2, 0) is 11.8 Å². The molecular formula is C13H14N4O2. The van der Waals surface area contributed by atoms with E-state index in [0.29, 0.717) is 17.1 Å². The molecule has 0 aliphatic carbocycles. The van der Waals surface area contributed by atoms with Gasteiger partial charge in [0.25, 0.3) is 5.91 Å². The molecule has 0 saturated carbocycles. The maximum atomic E-state index is 12.0. The summed E-state index contributed by atoms with van der Waals surface area (Å²) in [6.07, 6.45) is 3.05. The third-order valence-corrected chi connectivity index (χ3v) is 2.49. The van der Waals surface area contributed by atoms with Gasteiger partial charge in [0, 0.05) is 25.3 Å². The Bertz CT molecular complexity index is 619. The summed E-state index contributed by atoms with van der Waals surface area (Å²) in [5, 5.41) is 5.40. The number of benzene rings is 1. The van der Waals surface area contributed by atoms with E-state index in [1.165, 1.54) is 13.1 Å². The van der Waals surface area contributed by atoms with Crippen molar-refractivity contribution in [1.29, 1.82) is 0 Å². The van der Waals surface area contributed by atoms with Gasteiger partial charge in [0.1, 0.15) is 5.69 Å². The van der Waals surface area contributed by atoms with E-state index in [4.69, 9.17) is 0 Å². The molecule has 2 rings (SSSR count). The number of aromatic nitrogens is 2. The summed E-state index contributed by atoms with van der Waals surface area (Å²) in [6, 6.07) is 6.94. The van der Waals surface area contributed by atoms with Crippen molar-refractivity contribution < 1.29 is 9.59 Å². The van der Waals surface area contributed by atoms with E-state index in [-0.39, 0.29) is 11.8 Å². The second kappa shape index (κ2) is 5.34. The van der Waals surface area contributed by atoms with Crippen molar-refractivity contribution in [1.82, 2.24) is 9.55 Å². The Hall–Kier alpha value is -2.63. The van der Waals surface area contributed by atoms with E-state index >= 15 is 0 Å². The van der Waals surface area contributed by atoms with Gasteiger partial charge >= 0.3 is 0 Å². The molecule has 1 heterocycles. The van der Waals surface area contributed by atoms with Gasteiger partial charge in [-0.2, -0.15) is 0 Å². The molecule has 0 spiro atoms. The quantitative estimate of drug-likeness (QED) is 0.878. The SMILES string of the molecule is CC(=O)Nc1cccc(NC(=O)c2cncn2C)c1. The molecule has 0 atom stereocenters. The van der Waals surface area contributed by atoms with Crippen LogP contribution in [0.2, 0.25) is 0 Å². The fourth-order valence-corrected chi connectivity index (χ4v) is 1.65. The molecule has 98 valence electrons. The number of hydrogen-bond donors (Lipinski definition) is 2. The van der Waals surface area contributed by atoms with Gasteiger partial charge < -0.3 is 15.2 Å². The van der Waals surface area contributed by atoms with Crippen LogP contribution in [0.25, 0.3) is 0 Å². The van der Waals surface area contributed by atoms with Crippen molar-refractivity contribution in [3.05, 3.63) is 42.5 Å². The van der Waals surface area contributed by atoms with Gasteiger partial charge in [-0.15, -0.1) is 0 Å². The number of nitrogens with zero attached hydrogens (tertiary/aromatic N) is 2. The Morgan fingerprint density at radius 1 is 1.21 bits per heavy atom. The Morgan fingerprint density at radius 2 is 1.89 bits per heavy atom. The molecule has 6 nitrogen and oxygen atoms in total. The highest BCUT2D eigenvalue weighted by Crippen LogP contribution is 2.15. The molecule has 6 heteroatoms. The molecule has 0 bridgehead atoms. The van der Waals surface area contributed by atoms with E-state index in [1.807, 2.05) is 0 Å². The van der Waals surface area contributed by atoms with E-state index in [9.17, 15) is 9.59 Å². The molecule has 1 aromatic carbocycles. The van der Waals surface area contributed by atoms with Crippen molar-refractivity contribution in [2.45, 2.75) is 6.92 Å². The first-order valence-electron chi connectivity index (χ1n) is 5.71. The monoisotopic (exact) mass is 258 g/mol. The summed E-state index contributed by atoms with van der Waals surface area (Å²) in [7, 11) is 1.75. The zero-order chi connectivity index (χ0) is 13.8. The summed E-state index contributed by atoms with van der Waals surface area (Å²) in [4.78, 5) is 26.8. The second-order valence-electron chi connectivity index (χ2n) is 4.11. The predicted molar refractivity (Wildman–Crippen MR) is 71.9 cm³/mol. The minimum Gasteiger partial charge on any atom is -0.330 e. The summed E-state index contributed by atoms with van der Waals surface area (Å²) in [5.41, 5.74) is 1.71. The van der Waals surface area contributed by atoms with Crippen molar-refractivity contribution in [2.24, 2.45) is 7.05 Å². The smallest absolute Gasteiger partial charge is 0.273 e. The van der Waals surface area contributed by atoms with Crippen LogP contribution < -0.4 is 10.6 Å². The minimum absolute atomic E-state index is 0.157. The highest BCUT2D eigenvalue weighted by molar-refractivity contribution is 6.03. The molecule has 0 unspecified atom stereocenters. The van der Waals surface area contributed by atoms with Gasteiger partial charge in [0.2, 0.25) is 5.91 Å². The number of carbonyl (C=O) groups is 2. The fourth-order valence-electron chi connectivity index (χ4n) is 1.65. The molecule has 19 heavy (non-hydrogen) atoms. The Kier molecular flexibility index (Phi) is 3.61. The van der Waals surface area contributed by atoms with Crippen LogP contribution in [0.4, 0.5) is 11.4 Å². The van der Waals surface area contributed by atoms with Crippen LogP contribution in [0.1, 0.15) is 17.4 Å². The number of rotatable bonds is 3. The number of amides is 2. The van der Waals surface area contributed by atoms with Gasteiger partial charge in [-0.3, -0.25) is 9.59 Å². The Labute approximate surface area is 110 Å². The van der Waals surface area contributed by atoms with E-state index < -0.39 is 0 Å². The predicted octanol–water partition coefficient (Wildman–Crippen LogP) is 1.63. The lowest BCUT2D eigenvalue weighted by atomic mass is 10.2. The Morgan fingerprint density at radius 3 is 2.47 bits per heavy atom. The number of carbonyl (C=O) groups excluding carboxylic acids is 2. The maximum Gasteiger partial charge on any atom is 0.273 e. The van der Waals surface area contributed by atoms with Gasteiger partial charge in [0.05, 0.1) is 12.5 Å². The third-order valence-electron chi connectivity index (χ3n) is 2.49. The van der Waals surface area contributed by atoms with Crippen LogP contribution >= 0.6 is 0 Å². The van der Waals surface area contributed by atoms with Crippen molar-refractivity contribution in [3.8, 4) is 0 Å². The first-order valence-corrected chi connectivity index (χ1v) is 5.71. The highest BCUT2D eigenvalue weighted by Gasteiger charge is 2.10. The number of nitrogens with one attached hydrogen (secondary N) is 2. The fraction of sp³-hybridized carbons (Fsp3) is 0.154. The molecule has 2 aromatic rings. The van der Waals surface area contributed by atoms with Crippen LogP contribution in [0.3, 0.4) is 0 Å². The van der Waals surface area contributed by atoms with Crippen molar-refractivity contribution in [3.63, 3.8) is 0 Å². The molecule has 2 amide bonds. The molecule has 2 N–H and O–H groups in total. The normalized spacial score (nSPS) is 10.0. The van der Waals surface area contributed by atoms with E-state index in [2.05, 4.69) is 15.6 Å². The molecule has 0 aliphatic rings. The summed E-state index contributed by atoms with van der Waals surface area (Å²) in [6.45, 7) is 1.43. The average Bonchev–Trinajstić information content (AvgIpc) is 2.75. The van der Waals surface area contributed by atoms with Crippen LogP contribution in [-0.4, -0.2) is 21.4 Å². The van der Waals surface area contributed by atoms with E-state index in [0.717, 1.165) is 0 Å². The largest absolute Gasteiger partial charge is 0.330 e. The zero-order valence-electron chi connectivity index (χ0n) is 10.7. The lowest BCUT2D eigenvalue weighted by molar-refractivity contribution is -0.114. The molecule has 0 saturated heterocycles. The van der Waals surface area contributed by atoms with Gasteiger partial charge in [-0.05, 0) is 18.2 Å². The molecule has 1 aromatic heterocycles. The summed E-state index contributed by atoms with van der Waals surface area (Å²) < 4.78 is 1.63. The first-order chi connectivity index (χ1) is 9.06. The van der Waals surface area contributed by atoms with Crippen LogP contribution in [0, 0.1) is 0 Å². The van der Waals surface area contributed by atoms with Gasteiger partial charge in [-0.1, -0.05) is 6.07 Å². The number of imidazole rings is 1. The lowest BCUT2D eigenvalue weighted by Crippen LogP contribution is -2.15. The molecular weight excluding hydrogens is 244 g/mol. The zero-order valence-corrected chi connectivity index (χ0v) is 10.7. The summed E-state index contributed by atoms with van der Waals surface area (Å²) in [5.74, 6) is -0.407. The van der Waals surface area contributed by atoms with E-state index in [1.54, 1.807) is 42.2 Å². The standard InChI is InChI=1S/C13H14N4O2/c1-9(18)15-10-4-3-5-11(6-10)16-13(19)12-7-14-8-17(12)2/h3-8H,1-2H3,(H,15,18)(H,16,19). The Balaban J connectivity index is 2.13. The average molecular weight is 258 g/mol. The van der Waals surface area contributed by atoms with Crippen molar-refractivity contribution >= 4 is 23.2 Å². The minimum atomic E-state index is -0.250. The molecule has 0 radical (unpaired) electrons. The van der Waals surface area contributed by atoms with Crippen molar-refractivity contribution in [2.75, 3.05) is 10.6 Å². The van der Waals surface area contributed by atoms with Crippen LogP contribution in [0.5, 0.6) is 0 Å². The van der Waals surface area contributed by atoms with Crippen LogP contribution in [0.15, 0.2) is 36.8 Å². The first kappa shape index (κ1) is 12.8. The lowest BCUT2D eigenvalue weighted by Gasteiger charge is -2.08. The molecule has 0 aliphatic heterocycles. The number of anilines is 2. The third kappa shape index (κ3) is 3.19. The highest BCUT2D eigenvalue weighted by atomic mass is 16.2. The molecule has 0 fully saturated rings. The van der Waals surface area contributed by atoms with Gasteiger partial charge in [-0.25, -0.2) is 4.98 Å². The number of aryl methyl sites for hydroxylation is 1. The summed E-state index contributed by atoms with van der Waals surface area (Å²) >= 11 is 0. The maximum absolute atomic E-state index is 12.0.